The van der Waals surface area contributed by atoms with Gasteiger partial charge in [0.15, 0.2) is 0 Å². The number of carbonyl (C=O) groups excluding carboxylic acids is 1. The lowest BCUT2D eigenvalue weighted by atomic mass is 9.81. The molecule has 1 unspecified atom stereocenters. The molecule has 1 fully saturated rings. The highest BCUT2D eigenvalue weighted by Crippen LogP contribution is 2.36. The number of rotatable bonds is 4. The molecule has 10 nitrogen and oxygen atoms in total. The van der Waals surface area contributed by atoms with Crippen LogP contribution in [0.15, 0.2) is 0 Å². The maximum atomic E-state index is 11.1. The molecule has 1 rings (SSSR count). The maximum absolute atomic E-state index is 11.1. The van der Waals surface area contributed by atoms with Gasteiger partial charge < -0.3 is 46.2 Å². The predicted octanol–water partition coefficient (Wildman–Crippen LogP) is -5.64. The molecule has 10 heteroatoms. The zero-order valence-corrected chi connectivity index (χ0v) is 9.75. The van der Waals surface area contributed by atoms with E-state index in [9.17, 15) is 30.3 Å². The molecule has 1 heterocycles. The summed E-state index contributed by atoms with van der Waals surface area (Å²) in [5, 5.41) is 66.4. The van der Waals surface area contributed by atoms with Gasteiger partial charge in [0.1, 0.15) is 24.4 Å². The van der Waals surface area contributed by atoms with Gasteiger partial charge in [0.05, 0.1) is 13.2 Å². The molecular weight excluding hydrogens is 266 g/mol. The fourth-order valence-corrected chi connectivity index (χ4v) is 1.86. The summed E-state index contributed by atoms with van der Waals surface area (Å²) >= 11 is 0. The Labute approximate surface area is 107 Å². The molecule has 0 aromatic carbocycles. The van der Waals surface area contributed by atoms with E-state index >= 15 is 0 Å². The van der Waals surface area contributed by atoms with Crippen molar-refractivity contribution < 1.29 is 45.3 Å². The first-order chi connectivity index (χ1) is 8.65. The Balaban J connectivity index is 3.24. The highest BCUT2D eigenvalue weighted by Gasteiger charge is 2.65. The molecule has 0 bridgehead atoms. The molecule has 19 heavy (non-hydrogen) atoms. The molecule has 6 atom stereocenters. The van der Waals surface area contributed by atoms with Crippen LogP contribution in [0, 0.1) is 0 Å². The van der Waals surface area contributed by atoms with Crippen molar-refractivity contribution in [2.24, 2.45) is 5.73 Å². The molecule has 1 amide bonds. The van der Waals surface area contributed by atoms with Crippen LogP contribution in [0.3, 0.4) is 0 Å². The lowest BCUT2D eigenvalue weighted by Crippen LogP contribution is -2.77. The van der Waals surface area contributed by atoms with Crippen LogP contribution in [0.4, 0.5) is 0 Å². The number of amides is 1. The van der Waals surface area contributed by atoms with Crippen molar-refractivity contribution in [1.82, 2.24) is 0 Å². The van der Waals surface area contributed by atoms with Crippen molar-refractivity contribution in [3.05, 3.63) is 0 Å². The van der Waals surface area contributed by atoms with Crippen molar-refractivity contribution in [2.75, 3.05) is 13.2 Å². The molecule has 0 aromatic heterocycles. The normalized spacial score (nSPS) is 42.7. The van der Waals surface area contributed by atoms with E-state index in [1.807, 2.05) is 0 Å². The number of hydrogen-bond donors (Lipinski definition) is 8. The van der Waals surface area contributed by atoms with Crippen LogP contribution in [-0.2, 0) is 9.53 Å². The Hall–Kier alpha value is -0.850. The number of nitrogens with two attached hydrogens (primary N) is 1. The summed E-state index contributed by atoms with van der Waals surface area (Å²) in [4.78, 5) is 11.1. The van der Waals surface area contributed by atoms with E-state index in [2.05, 4.69) is 4.74 Å². The summed E-state index contributed by atoms with van der Waals surface area (Å²) in [5.74, 6) is -4.82. The molecule has 0 saturated carbocycles. The fraction of sp³-hybridized carbons (Fsp3) is 0.889. The van der Waals surface area contributed by atoms with E-state index in [1.54, 1.807) is 0 Å². The summed E-state index contributed by atoms with van der Waals surface area (Å²) in [7, 11) is 0. The van der Waals surface area contributed by atoms with Gasteiger partial charge in [-0.05, 0) is 0 Å². The van der Waals surface area contributed by atoms with Crippen LogP contribution in [0.25, 0.3) is 0 Å². The van der Waals surface area contributed by atoms with Crippen LogP contribution in [0.2, 0.25) is 0 Å². The Morgan fingerprint density at radius 3 is 2.16 bits per heavy atom. The van der Waals surface area contributed by atoms with Crippen LogP contribution >= 0.6 is 0 Å². The summed E-state index contributed by atoms with van der Waals surface area (Å²) in [6, 6.07) is 0. The Morgan fingerprint density at radius 1 is 1.26 bits per heavy atom. The molecule has 0 aliphatic carbocycles. The second-order valence-corrected chi connectivity index (χ2v) is 4.34. The third-order valence-corrected chi connectivity index (χ3v) is 3.20. The van der Waals surface area contributed by atoms with Gasteiger partial charge in [-0.25, -0.2) is 0 Å². The average Bonchev–Trinajstić information content (AvgIpc) is 2.39. The second kappa shape index (κ2) is 5.26. The van der Waals surface area contributed by atoms with Gasteiger partial charge in [0.2, 0.25) is 11.4 Å². The topological polar surface area (TPSA) is 194 Å². The molecule has 9 N–H and O–H groups in total. The molecule has 0 aromatic rings. The Kier molecular flexibility index (Phi) is 4.49. The van der Waals surface area contributed by atoms with Crippen molar-refractivity contribution in [3.8, 4) is 0 Å². The molecule has 1 aliphatic heterocycles. The van der Waals surface area contributed by atoms with E-state index in [4.69, 9.17) is 15.9 Å². The Morgan fingerprint density at radius 2 is 1.79 bits per heavy atom. The van der Waals surface area contributed by atoms with Crippen molar-refractivity contribution in [1.29, 1.82) is 0 Å². The van der Waals surface area contributed by atoms with E-state index in [-0.39, 0.29) is 0 Å². The summed E-state index contributed by atoms with van der Waals surface area (Å²) in [5.41, 5.74) is 1.68. The van der Waals surface area contributed by atoms with E-state index in [1.165, 1.54) is 0 Å². The smallest absolute Gasteiger partial charge is 0.257 e. The van der Waals surface area contributed by atoms with Crippen molar-refractivity contribution in [3.63, 3.8) is 0 Å². The highest BCUT2D eigenvalue weighted by atomic mass is 16.7. The van der Waals surface area contributed by atoms with E-state index < -0.39 is 54.9 Å². The number of ether oxygens (including phenoxy) is 1. The summed E-state index contributed by atoms with van der Waals surface area (Å²) in [6.45, 7) is -2.32. The van der Waals surface area contributed by atoms with Crippen LogP contribution in [-0.4, -0.2) is 90.7 Å². The summed E-state index contributed by atoms with van der Waals surface area (Å²) in [6.07, 6.45) is -7.79. The number of aliphatic hydroxyl groups is 7. The number of hydrogen-bond acceptors (Lipinski definition) is 9. The Bertz CT molecular complexity index is 351. The molecule has 112 valence electrons. The molecular formula is C9H17NO9. The highest BCUT2D eigenvalue weighted by molar-refractivity contribution is 5.84. The van der Waals surface area contributed by atoms with E-state index in [0.29, 0.717) is 0 Å². The van der Waals surface area contributed by atoms with Gasteiger partial charge in [-0.1, -0.05) is 0 Å². The van der Waals surface area contributed by atoms with Gasteiger partial charge in [-0.15, -0.1) is 0 Å². The lowest BCUT2D eigenvalue weighted by molar-refractivity contribution is -0.394. The number of aliphatic hydroxyl groups excluding tert-OH is 5. The van der Waals surface area contributed by atoms with Gasteiger partial charge in [0.25, 0.3) is 5.91 Å². The van der Waals surface area contributed by atoms with Gasteiger partial charge in [0, 0.05) is 0 Å². The molecule has 0 spiro atoms. The third-order valence-electron chi connectivity index (χ3n) is 3.20. The second-order valence-electron chi connectivity index (χ2n) is 4.34. The van der Waals surface area contributed by atoms with Crippen LogP contribution in [0.5, 0.6) is 0 Å². The summed E-state index contributed by atoms with van der Waals surface area (Å²) < 4.78 is 4.67. The molecule has 1 aliphatic rings. The van der Waals surface area contributed by atoms with E-state index in [0.717, 1.165) is 0 Å². The zero-order valence-electron chi connectivity index (χ0n) is 9.75. The third kappa shape index (κ3) is 2.22. The first kappa shape index (κ1) is 16.2. The van der Waals surface area contributed by atoms with Gasteiger partial charge >= 0.3 is 0 Å². The average molecular weight is 283 g/mol. The van der Waals surface area contributed by atoms with Crippen LogP contribution in [0.1, 0.15) is 0 Å². The number of primary amides is 1. The standard InChI is InChI=1S/C9H17NO9/c10-7(16)8(17,2-12)9(18)6(15)5(14)4(13)3(1-11)19-9/h3-6,11-15,17-18H,1-2H2,(H2,10,16)/t3-,4-,5+,6+,8?,9+/m1/s1. The van der Waals surface area contributed by atoms with Crippen molar-refractivity contribution in [2.45, 2.75) is 35.8 Å². The first-order valence-corrected chi connectivity index (χ1v) is 5.34. The zero-order chi connectivity index (χ0) is 15.0. The van der Waals surface area contributed by atoms with Gasteiger partial charge in [-0.2, -0.15) is 0 Å². The number of carbonyl (C=O) groups is 1. The minimum absolute atomic E-state index is 0.895. The largest absolute Gasteiger partial charge is 0.394 e. The van der Waals surface area contributed by atoms with Gasteiger partial charge in [-0.3, -0.25) is 4.79 Å². The molecule has 1 saturated heterocycles. The maximum Gasteiger partial charge on any atom is 0.257 e. The quantitative estimate of drug-likeness (QED) is 0.248. The monoisotopic (exact) mass is 283 g/mol. The lowest BCUT2D eigenvalue weighted by Gasteiger charge is -2.50. The minimum Gasteiger partial charge on any atom is -0.394 e. The molecule has 0 radical (unpaired) electrons. The predicted molar refractivity (Wildman–Crippen MR) is 56.2 cm³/mol. The fourth-order valence-electron chi connectivity index (χ4n) is 1.86. The van der Waals surface area contributed by atoms with Crippen LogP contribution < -0.4 is 5.73 Å². The van der Waals surface area contributed by atoms with Crippen molar-refractivity contribution >= 4 is 5.91 Å². The minimum atomic E-state index is -3.19. The first-order valence-electron chi connectivity index (χ1n) is 5.34. The SMILES string of the molecule is NC(=O)C(O)(CO)[C@@]1(O)O[C@H](CO)[C@@H](O)[C@H](O)[C@@H]1O.